The summed E-state index contributed by atoms with van der Waals surface area (Å²) in [5.41, 5.74) is 0.466. The summed E-state index contributed by atoms with van der Waals surface area (Å²) in [4.78, 5) is 13.8. The van der Waals surface area contributed by atoms with Gasteiger partial charge in [0, 0.05) is 21.4 Å². The second-order valence-electron chi connectivity index (χ2n) is 6.32. The fraction of sp³-hybridized carbons (Fsp3) is 0.421. The molecule has 2 atom stereocenters. The molecule has 2 rings (SSSR count). The number of aliphatic hydroxyl groups is 3. The minimum atomic E-state index is -4.82. The molecule has 1 aromatic carbocycles. The normalized spacial score (nSPS) is 13.9. The molecule has 0 amide bonds. The van der Waals surface area contributed by atoms with Crippen molar-refractivity contribution in [3.8, 4) is 5.75 Å². The fourth-order valence-corrected chi connectivity index (χ4v) is 4.19. The van der Waals surface area contributed by atoms with Gasteiger partial charge in [-0.2, -0.15) is 0 Å². The summed E-state index contributed by atoms with van der Waals surface area (Å²) >= 11 is 2.43. The quantitative estimate of drug-likeness (QED) is 0.314. The van der Waals surface area contributed by atoms with Crippen molar-refractivity contribution in [2.45, 2.75) is 44.4 Å². The number of carbonyl (C=O) groups excluding carboxylic acids is 1. The van der Waals surface area contributed by atoms with Gasteiger partial charge in [-0.15, -0.1) is 36.3 Å². The number of hydrogen-bond donors (Lipinski definition) is 4. The number of nitrogens with one attached hydrogen (secondary N) is 1. The summed E-state index contributed by atoms with van der Waals surface area (Å²) in [6.07, 6.45) is -6.73. The SMILES string of the molecule is CCc1cc(C(=O)c2ccc(OC(F)(F)F)cc2)c(NC(O)C(C)SCC(O)O)s1. The number of thioether (sulfide) groups is 1. The number of anilines is 1. The van der Waals surface area contributed by atoms with E-state index in [0.717, 1.165) is 28.8 Å². The van der Waals surface area contributed by atoms with Crippen LogP contribution in [0.2, 0.25) is 0 Å². The molecule has 0 aliphatic carbocycles. The molecule has 0 saturated heterocycles. The van der Waals surface area contributed by atoms with Crippen molar-refractivity contribution in [3.05, 3.63) is 46.3 Å². The van der Waals surface area contributed by atoms with Crippen LogP contribution in [0.15, 0.2) is 30.3 Å². The predicted octanol–water partition coefficient (Wildman–Crippen LogP) is 3.60. The second kappa shape index (κ2) is 10.5. The summed E-state index contributed by atoms with van der Waals surface area (Å²) in [7, 11) is 0. The number of ketones is 1. The molecule has 0 fully saturated rings. The minimum Gasteiger partial charge on any atom is -0.406 e. The Morgan fingerprint density at radius 3 is 2.40 bits per heavy atom. The Labute approximate surface area is 179 Å². The molecule has 0 aliphatic heterocycles. The number of thiophene rings is 1. The maximum absolute atomic E-state index is 12.9. The van der Waals surface area contributed by atoms with E-state index in [1.807, 2.05) is 6.92 Å². The van der Waals surface area contributed by atoms with E-state index in [9.17, 15) is 23.1 Å². The number of ether oxygens (including phenoxy) is 1. The van der Waals surface area contributed by atoms with Crippen molar-refractivity contribution < 1.29 is 38.0 Å². The van der Waals surface area contributed by atoms with Gasteiger partial charge in [0.25, 0.3) is 0 Å². The van der Waals surface area contributed by atoms with Gasteiger partial charge in [-0.05, 0) is 43.7 Å². The molecule has 166 valence electrons. The van der Waals surface area contributed by atoms with Crippen LogP contribution in [-0.2, 0) is 6.42 Å². The van der Waals surface area contributed by atoms with E-state index < -0.39 is 35.7 Å². The zero-order valence-corrected chi connectivity index (χ0v) is 17.8. The Kier molecular flexibility index (Phi) is 8.56. The Balaban J connectivity index is 2.18. The lowest BCUT2D eigenvalue weighted by Gasteiger charge is -2.21. The summed E-state index contributed by atoms with van der Waals surface area (Å²) < 4.78 is 40.7. The lowest BCUT2D eigenvalue weighted by Crippen LogP contribution is -2.30. The van der Waals surface area contributed by atoms with Gasteiger partial charge in [-0.25, -0.2) is 0 Å². The van der Waals surface area contributed by atoms with Crippen LogP contribution in [0.4, 0.5) is 18.2 Å². The Morgan fingerprint density at radius 2 is 1.87 bits per heavy atom. The zero-order valence-electron chi connectivity index (χ0n) is 16.1. The molecule has 30 heavy (non-hydrogen) atoms. The van der Waals surface area contributed by atoms with Crippen LogP contribution in [0.25, 0.3) is 0 Å². The van der Waals surface area contributed by atoms with Gasteiger partial charge in [0.15, 0.2) is 12.1 Å². The van der Waals surface area contributed by atoms with Gasteiger partial charge < -0.3 is 25.4 Å². The van der Waals surface area contributed by atoms with E-state index >= 15 is 0 Å². The molecule has 6 nitrogen and oxygen atoms in total. The van der Waals surface area contributed by atoms with E-state index in [0.29, 0.717) is 17.0 Å². The summed E-state index contributed by atoms with van der Waals surface area (Å²) in [5.74, 6) is -0.822. The van der Waals surface area contributed by atoms with E-state index in [1.165, 1.54) is 23.5 Å². The number of hydrogen-bond acceptors (Lipinski definition) is 8. The second-order valence-corrected chi connectivity index (χ2v) is 8.87. The zero-order chi connectivity index (χ0) is 22.5. The molecule has 1 heterocycles. The smallest absolute Gasteiger partial charge is 0.406 e. The van der Waals surface area contributed by atoms with Crippen LogP contribution < -0.4 is 10.1 Å². The molecule has 0 radical (unpaired) electrons. The highest BCUT2D eigenvalue weighted by Crippen LogP contribution is 2.32. The average molecular weight is 466 g/mol. The van der Waals surface area contributed by atoms with Gasteiger partial charge in [-0.3, -0.25) is 4.79 Å². The van der Waals surface area contributed by atoms with E-state index in [4.69, 9.17) is 10.2 Å². The largest absolute Gasteiger partial charge is 0.573 e. The Hall–Kier alpha value is -1.79. The number of alkyl halides is 3. The van der Waals surface area contributed by atoms with Crippen molar-refractivity contribution in [2.75, 3.05) is 11.1 Å². The maximum atomic E-state index is 12.9. The van der Waals surface area contributed by atoms with Crippen LogP contribution in [0, 0.1) is 0 Å². The Bertz CT molecular complexity index is 840. The van der Waals surface area contributed by atoms with E-state index in [1.54, 1.807) is 13.0 Å². The van der Waals surface area contributed by atoms with Crippen molar-refractivity contribution in [2.24, 2.45) is 0 Å². The third-order valence-corrected chi connectivity index (χ3v) is 6.44. The van der Waals surface area contributed by atoms with Crippen LogP contribution >= 0.6 is 23.1 Å². The summed E-state index contributed by atoms with van der Waals surface area (Å²) in [5, 5.41) is 31.2. The molecule has 2 aromatic rings. The molecular formula is C19H22F3NO5S2. The standard InChI is InChI=1S/C19H22F3NO5S2/c1-3-13-8-14(18(30-13)23-17(27)10(2)29-9-15(24)25)16(26)11-4-6-12(7-5-11)28-19(20,21)22/h4-8,10,15,17,23-25,27H,3,9H2,1-2H3. The molecule has 0 aliphatic rings. The van der Waals surface area contributed by atoms with Gasteiger partial charge in [0.05, 0.1) is 5.56 Å². The minimum absolute atomic E-state index is 0.0166. The first-order chi connectivity index (χ1) is 14.0. The first-order valence-corrected chi connectivity index (χ1v) is 10.8. The highest BCUT2D eigenvalue weighted by molar-refractivity contribution is 7.99. The molecule has 1 aromatic heterocycles. The monoisotopic (exact) mass is 465 g/mol. The first kappa shape index (κ1) is 24.5. The number of carbonyl (C=O) groups is 1. The lowest BCUT2D eigenvalue weighted by molar-refractivity contribution is -0.274. The van der Waals surface area contributed by atoms with Crippen molar-refractivity contribution >= 4 is 33.9 Å². The van der Waals surface area contributed by atoms with Gasteiger partial charge in [0.2, 0.25) is 0 Å². The number of aliphatic hydroxyl groups excluding tert-OH is 2. The molecular weight excluding hydrogens is 443 g/mol. The fourth-order valence-electron chi connectivity index (χ4n) is 2.44. The molecule has 4 N–H and O–H groups in total. The molecule has 0 bridgehead atoms. The van der Waals surface area contributed by atoms with Crippen LogP contribution in [0.5, 0.6) is 5.75 Å². The van der Waals surface area contributed by atoms with Crippen molar-refractivity contribution in [1.29, 1.82) is 0 Å². The highest BCUT2D eigenvalue weighted by Gasteiger charge is 2.31. The van der Waals surface area contributed by atoms with Crippen molar-refractivity contribution in [1.82, 2.24) is 0 Å². The maximum Gasteiger partial charge on any atom is 0.573 e. The lowest BCUT2D eigenvalue weighted by atomic mass is 10.0. The summed E-state index contributed by atoms with van der Waals surface area (Å²) in [6, 6.07) is 6.29. The molecule has 11 heteroatoms. The third-order valence-electron chi connectivity index (χ3n) is 3.96. The van der Waals surface area contributed by atoms with Crippen molar-refractivity contribution in [3.63, 3.8) is 0 Å². The molecule has 0 saturated carbocycles. The summed E-state index contributed by atoms with van der Waals surface area (Å²) in [6.45, 7) is 3.60. The van der Waals surface area contributed by atoms with Crippen LogP contribution in [0.3, 0.4) is 0 Å². The highest BCUT2D eigenvalue weighted by atomic mass is 32.2. The Morgan fingerprint density at radius 1 is 1.23 bits per heavy atom. The van der Waals surface area contributed by atoms with E-state index in [-0.39, 0.29) is 11.3 Å². The average Bonchev–Trinajstić information content (AvgIpc) is 3.07. The van der Waals surface area contributed by atoms with Gasteiger partial charge >= 0.3 is 6.36 Å². The molecule has 2 unspecified atom stereocenters. The van der Waals surface area contributed by atoms with Crippen LogP contribution in [0.1, 0.15) is 34.6 Å². The van der Waals surface area contributed by atoms with Gasteiger partial charge in [0.1, 0.15) is 17.0 Å². The molecule has 0 spiro atoms. The number of aryl methyl sites for hydroxylation is 1. The predicted molar refractivity (Wildman–Crippen MR) is 110 cm³/mol. The number of halogens is 3. The number of rotatable bonds is 10. The van der Waals surface area contributed by atoms with Gasteiger partial charge in [-0.1, -0.05) is 6.92 Å². The third kappa shape index (κ3) is 7.17. The number of benzene rings is 1. The topological polar surface area (TPSA) is 99.0 Å². The van der Waals surface area contributed by atoms with E-state index in [2.05, 4.69) is 10.1 Å². The van der Waals surface area contributed by atoms with Crippen LogP contribution in [-0.4, -0.2) is 51.0 Å². The first-order valence-electron chi connectivity index (χ1n) is 8.95.